The van der Waals surface area contributed by atoms with Crippen LogP contribution >= 0.6 is 11.6 Å². The van der Waals surface area contributed by atoms with Crippen LogP contribution in [0.4, 0.5) is 5.69 Å². The monoisotopic (exact) mass is 419 g/mol. The maximum atomic E-state index is 13.1. The van der Waals surface area contributed by atoms with E-state index in [9.17, 15) is 9.59 Å². The lowest BCUT2D eigenvalue weighted by Gasteiger charge is -2.08. The fourth-order valence-electron chi connectivity index (χ4n) is 3.12. The first-order valence-electron chi connectivity index (χ1n) is 9.43. The Bertz CT molecular complexity index is 1210. The molecule has 1 amide bonds. The highest BCUT2D eigenvalue weighted by molar-refractivity contribution is 6.30. The number of hydrogen-bond donors (Lipinski definition) is 1. The minimum absolute atomic E-state index is 0.0674. The van der Waals surface area contributed by atoms with E-state index < -0.39 is 0 Å². The van der Waals surface area contributed by atoms with Gasteiger partial charge in [-0.1, -0.05) is 23.7 Å². The van der Waals surface area contributed by atoms with Gasteiger partial charge in [0.2, 0.25) is 5.78 Å². The maximum absolute atomic E-state index is 13.1. The Hall–Kier alpha value is -3.57. The minimum atomic E-state index is -0.352. The second-order valence-electron chi connectivity index (χ2n) is 6.55. The van der Waals surface area contributed by atoms with Gasteiger partial charge in [-0.2, -0.15) is 0 Å². The molecule has 0 atom stereocenters. The molecule has 0 unspecified atom stereocenters. The molecule has 0 aliphatic carbocycles. The SMILES string of the molecule is CCOc1ccc(C(=O)Nc2c(C(=O)c3ccc(Cl)cc3)oc3ccccc23)cc1. The topological polar surface area (TPSA) is 68.5 Å². The second-order valence-corrected chi connectivity index (χ2v) is 6.99. The molecule has 1 aromatic heterocycles. The molecule has 0 saturated carbocycles. The number of furan rings is 1. The molecule has 5 nitrogen and oxygen atoms in total. The molecule has 4 aromatic rings. The van der Waals surface area contributed by atoms with E-state index in [1.54, 1.807) is 66.7 Å². The number of hydrogen-bond acceptors (Lipinski definition) is 4. The van der Waals surface area contributed by atoms with Gasteiger partial charge in [0.1, 0.15) is 11.3 Å². The third-order valence-electron chi connectivity index (χ3n) is 4.57. The summed E-state index contributed by atoms with van der Waals surface area (Å²) in [6.07, 6.45) is 0. The first kappa shape index (κ1) is 19.7. The summed E-state index contributed by atoms with van der Waals surface area (Å²) in [6.45, 7) is 2.44. The van der Waals surface area contributed by atoms with Crippen LogP contribution in [-0.2, 0) is 0 Å². The molecule has 0 aliphatic rings. The third-order valence-corrected chi connectivity index (χ3v) is 4.83. The van der Waals surface area contributed by atoms with Gasteiger partial charge in [0.15, 0.2) is 5.76 Å². The molecule has 0 saturated heterocycles. The van der Waals surface area contributed by atoms with Crippen LogP contribution in [0.2, 0.25) is 5.02 Å². The molecule has 0 aliphatic heterocycles. The predicted octanol–water partition coefficient (Wildman–Crippen LogP) is 5.97. The van der Waals surface area contributed by atoms with Gasteiger partial charge in [-0.05, 0) is 67.6 Å². The molecule has 3 aromatic carbocycles. The van der Waals surface area contributed by atoms with Crippen LogP contribution in [-0.4, -0.2) is 18.3 Å². The molecule has 0 fully saturated rings. The number of ether oxygens (including phenoxy) is 1. The summed E-state index contributed by atoms with van der Waals surface area (Å²) in [7, 11) is 0. The molecule has 0 radical (unpaired) electrons. The zero-order chi connectivity index (χ0) is 21.1. The molecule has 30 heavy (non-hydrogen) atoms. The fourth-order valence-corrected chi connectivity index (χ4v) is 3.24. The van der Waals surface area contributed by atoms with Crippen molar-refractivity contribution in [2.45, 2.75) is 6.92 Å². The number of amides is 1. The third kappa shape index (κ3) is 3.93. The van der Waals surface area contributed by atoms with Gasteiger partial charge in [0.25, 0.3) is 5.91 Å². The molecule has 6 heteroatoms. The standard InChI is InChI=1S/C24H18ClNO4/c1-2-29-18-13-9-16(10-14-18)24(28)26-21-19-5-3-4-6-20(19)30-23(21)22(27)15-7-11-17(25)12-8-15/h3-14H,2H2,1H3,(H,26,28). The van der Waals surface area contributed by atoms with E-state index in [2.05, 4.69) is 5.32 Å². The van der Waals surface area contributed by atoms with E-state index in [-0.39, 0.29) is 17.5 Å². The van der Waals surface area contributed by atoms with Crippen molar-refractivity contribution in [3.8, 4) is 5.75 Å². The minimum Gasteiger partial charge on any atom is -0.494 e. The summed E-state index contributed by atoms with van der Waals surface area (Å²) in [5.74, 6) is 0.0545. The van der Waals surface area contributed by atoms with Gasteiger partial charge in [-0.15, -0.1) is 0 Å². The first-order valence-corrected chi connectivity index (χ1v) is 9.80. The Morgan fingerprint density at radius 2 is 1.60 bits per heavy atom. The largest absolute Gasteiger partial charge is 0.494 e. The Labute approximate surface area is 178 Å². The quantitative estimate of drug-likeness (QED) is 0.391. The van der Waals surface area contributed by atoms with Crippen molar-refractivity contribution in [3.63, 3.8) is 0 Å². The van der Waals surface area contributed by atoms with Crippen molar-refractivity contribution in [2.75, 3.05) is 11.9 Å². The van der Waals surface area contributed by atoms with Gasteiger partial charge in [-0.25, -0.2) is 0 Å². The number of halogens is 1. The number of rotatable bonds is 6. The molecule has 0 spiro atoms. The number of fused-ring (bicyclic) bond motifs is 1. The van der Waals surface area contributed by atoms with Gasteiger partial charge in [0, 0.05) is 21.5 Å². The molecule has 150 valence electrons. The Morgan fingerprint density at radius 1 is 0.933 bits per heavy atom. The van der Waals surface area contributed by atoms with E-state index in [4.69, 9.17) is 20.8 Å². The van der Waals surface area contributed by atoms with Crippen molar-refractivity contribution in [1.29, 1.82) is 0 Å². The summed E-state index contributed by atoms with van der Waals surface area (Å²) in [5, 5.41) is 4.02. The maximum Gasteiger partial charge on any atom is 0.255 e. The number of benzene rings is 3. The van der Waals surface area contributed by atoms with Crippen molar-refractivity contribution in [1.82, 2.24) is 0 Å². The van der Waals surface area contributed by atoms with E-state index >= 15 is 0 Å². The van der Waals surface area contributed by atoms with Crippen LogP contribution in [0.3, 0.4) is 0 Å². The highest BCUT2D eigenvalue weighted by Crippen LogP contribution is 2.33. The average molecular weight is 420 g/mol. The van der Waals surface area contributed by atoms with Crippen LogP contribution in [0.25, 0.3) is 11.0 Å². The van der Waals surface area contributed by atoms with Crippen LogP contribution in [0.15, 0.2) is 77.2 Å². The van der Waals surface area contributed by atoms with Gasteiger partial charge in [0.05, 0.1) is 12.3 Å². The zero-order valence-electron chi connectivity index (χ0n) is 16.1. The highest BCUT2D eigenvalue weighted by atomic mass is 35.5. The van der Waals surface area contributed by atoms with Crippen LogP contribution in [0.1, 0.15) is 33.4 Å². The van der Waals surface area contributed by atoms with Crippen LogP contribution < -0.4 is 10.1 Å². The number of carbonyl (C=O) groups excluding carboxylic acids is 2. The van der Waals surface area contributed by atoms with Gasteiger partial charge < -0.3 is 14.5 Å². The summed E-state index contributed by atoms with van der Waals surface area (Å²) in [6, 6.07) is 20.5. The van der Waals surface area contributed by atoms with E-state index in [0.29, 0.717) is 45.2 Å². The van der Waals surface area contributed by atoms with Crippen molar-refractivity contribution in [3.05, 3.63) is 94.7 Å². The second kappa shape index (κ2) is 8.43. The molecule has 1 heterocycles. The number of carbonyl (C=O) groups is 2. The number of anilines is 1. The van der Waals surface area contributed by atoms with E-state index in [0.717, 1.165) is 0 Å². The van der Waals surface area contributed by atoms with Crippen molar-refractivity contribution >= 4 is 39.9 Å². The lowest BCUT2D eigenvalue weighted by Crippen LogP contribution is -2.14. The van der Waals surface area contributed by atoms with Crippen molar-refractivity contribution in [2.24, 2.45) is 0 Å². The molecule has 0 bridgehead atoms. The zero-order valence-corrected chi connectivity index (χ0v) is 16.9. The summed E-state index contributed by atoms with van der Waals surface area (Å²) in [4.78, 5) is 25.9. The number of ketones is 1. The Morgan fingerprint density at radius 3 is 2.30 bits per heavy atom. The van der Waals surface area contributed by atoms with Crippen molar-refractivity contribution < 1.29 is 18.7 Å². The normalized spacial score (nSPS) is 10.7. The van der Waals surface area contributed by atoms with Crippen LogP contribution in [0, 0.1) is 0 Å². The smallest absolute Gasteiger partial charge is 0.255 e. The summed E-state index contributed by atoms with van der Waals surface area (Å²) >= 11 is 5.92. The summed E-state index contributed by atoms with van der Waals surface area (Å²) in [5.41, 5.74) is 1.70. The number of nitrogens with one attached hydrogen (secondary N) is 1. The van der Waals surface area contributed by atoms with Gasteiger partial charge >= 0.3 is 0 Å². The molecular weight excluding hydrogens is 402 g/mol. The molecule has 4 rings (SSSR count). The lowest BCUT2D eigenvalue weighted by molar-refractivity contribution is 0.101. The molecule has 1 N–H and O–H groups in total. The summed E-state index contributed by atoms with van der Waals surface area (Å²) < 4.78 is 11.2. The lowest BCUT2D eigenvalue weighted by atomic mass is 10.1. The Kier molecular flexibility index (Phi) is 5.55. The van der Waals surface area contributed by atoms with Gasteiger partial charge in [-0.3, -0.25) is 9.59 Å². The highest BCUT2D eigenvalue weighted by Gasteiger charge is 2.23. The molecular formula is C24H18ClNO4. The van der Waals surface area contributed by atoms with Crippen LogP contribution in [0.5, 0.6) is 5.75 Å². The number of para-hydroxylation sites is 1. The fraction of sp³-hybridized carbons (Fsp3) is 0.0833. The first-order chi connectivity index (χ1) is 14.6. The predicted molar refractivity (Wildman–Crippen MR) is 117 cm³/mol. The van der Waals surface area contributed by atoms with E-state index in [1.165, 1.54) is 0 Å². The van der Waals surface area contributed by atoms with E-state index in [1.807, 2.05) is 13.0 Å². The average Bonchev–Trinajstić information content (AvgIpc) is 3.13. The Balaban J connectivity index is 1.70.